The molecule has 3 N–H and O–H groups in total. The van der Waals surface area contributed by atoms with Crippen LogP contribution in [0.4, 0.5) is 0 Å². The first kappa shape index (κ1) is 11.1. The average Bonchev–Trinajstić information content (AvgIpc) is 2.52. The molecular formula is C9H15N3OS. The van der Waals surface area contributed by atoms with E-state index < -0.39 is 0 Å². The molecule has 1 heterocycles. The fraction of sp³-hybridized carbons (Fsp3) is 0.556. The van der Waals surface area contributed by atoms with Gasteiger partial charge in [-0.3, -0.25) is 10.1 Å². The monoisotopic (exact) mass is 213 g/mol. The van der Waals surface area contributed by atoms with Crippen molar-refractivity contribution in [2.45, 2.75) is 32.9 Å². The SMILES string of the molecule is CCC(NCc1nc(C)cs1)C(N)=O. The third kappa shape index (κ3) is 3.08. The Kier molecular flexibility index (Phi) is 4.03. The van der Waals surface area contributed by atoms with Crippen LogP contribution in [-0.2, 0) is 11.3 Å². The first-order chi connectivity index (χ1) is 6.63. The number of nitrogens with one attached hydrogen (secondary N) is 1. The normalized spacial score (nSPS) is 12.7. The number of hydrogen-bond donors (Lipinski definition) is 2. The Balaban J connectivity index is 2.43. The zero-order valence-corrected chi connectivity index (χ0v) is 9.23. The molecule has 0 spiro atoms. The van der Waals surface area contributed by atoms with Crippen molar-refractivity contribution in [2.24, 2.45) is 5.73 Å². The molecule has 0 aliphatic rings. The highest BCUT2D eigenvalue weighted by atomic mass is 32.1. The summed E-state index contributed by atoms with van der Waals surface area (Å²) < 4.78 is 0. The lowest BCUT2D eigenvalue weighted by Gasteiger charge is -2.11. The zero-order valence-electron chi connectivity index (χ0n) is 8.41. The lowest BCUT2D eigenvalue weighted by Crippen LogP contribution is -2.40. The van der Waals surface area contributed by atoms with E-state index in [9.17, 15) is 4.79 Å². The maximum Gasteiger partial charge on any atom is 0.234 e. The summed E-state index contributed by atoms with van der Waals surface area (Å²) in [6.45, 7) is 4.49. The standard InChI is InChI=1S/C9H15N3OS/c1-3-7(9(10)13)11-4-8-12-6(2)5-14-8/h5,7,11H,3-4H2,1-2H3,(H2,10,13). The summed E-state index contributed by atoms with van der Waals surface area (Å²) in [6, 6.07) is -0.251. The molecule has 1 amide bonds. The number of carbonyl (C=O) groups excluding carboxylic acids is 1. The van der Waals surface area contributed by atoms with Crippen molar-refractivity contribution in [3.05, 3.63) is 16.1 Å². The molecule has 0 aliphatic heterocycles. The van der Waals surface area contributed by atoms with Crippen LogP contribution in [-0.4, -0.2) is 16.9 Å². The highest BCUT2D eigenvalue weighted by Crippen LogP contribution is 2.08. The number of nitrogens with two attached hydrogens (primary N) is 1. The van der Waals surface area contributed by atoms with Gasteiger partial charge in [-0.1, -0.05) is 6.92 Å². The molecule has 1 aromatic heterocycles. The Morgan fingerprint density at radius 2 is 2.50 bits per heavy atom. The fourth-order valence-electron chi connectivity index (χ4n) is 1.14. The Morgan fingerprint density at radius 1 is 1.79 bits per heavy atom. The summed E-state index contributed by atoms with van der Waals surface area (Å²) in [7, 11) is 0. The lowest BCUT2D eigenvalue weighted by molar-refractivity contribution is -0.120. The second kappa shape index (κ2) is 5.07. The van der Waals surface area contributed by atoms with E-state index in [1.165, 1.54) is 0 Å². The number of amides is 1. The van der Waals surface area contributed by atoms with Crippen LogP contribution in [0.1, 0.15) is 24.0 Å². The van der Waals surface area contributed by atoms with E-state index in [1.54, 1.807) is 11.3 Å². The van der Waals surface area contributed by atoms with Crippen LogP contribution in [0.5, 0.6) is 0 Å². The van der Waals surface area contributed by atoms with E-state index in [1.807, 2.05) is 19.2 Å². The zero-order chi connectivity index (χ0) is 10.6. The van der Waals surface area contributed by atoms with Gasteiger partial charge in [0.1, 0.15) is 5.01 Å². The number of hydrogen-bond acceptors (Lipinski definition) is 4. The van der Waals surface area contributed by atoms with E-state index >= 15 is 0 Å². The summed E-state index contributed by atoms with van der Waals surface area (Å²) in [5, 5.41) is 6.05. The molecule has 1 unspecified atom stereocenters. The van der Waals surface area contributed by atoms with Crippen LogP contribution in [0.2, 0.25) is 0 Å². The molecule has 14 heavy (non-hydrogen) atoms. The second-order valence-electron chi connectivity index (χ2n) is 3.13. The molecular weight excluding hydrogens is 198 g/mol. The number of aryl methyl sites for hydroxylation is 1. The van der Waals surface area contributed by atoms with E-state index in [2.05, 4.69) is 10.3 Å². The van der Waals surface area contributed by atoms with Crippen molar-refractivity contribution in [1.29, 1.82) is 0 Å². The van der Waals surface area contributed by atoms with Gasteiger partial charge >= 0.3 is 0 Å². The molecule has 78 valence electrons. The predicted molar refractivity (Wildman–Crippen MR) is 57.0 cm³/mol. The first-order valence-corrected chi connectivity index (χ1v) is 5.45. The number of nitrogens with zero attached hydrogens (tertiary/aromatic N) is 1. The van der Waals surface area contributed by atoms with Gasteiger partial charge < -0.3 is 5.73 Å². The van der Waals surface area contributed by atoms with Gasteiger partial charge in [0.15, 0.2) is 0 Å². The van der Waals surface area contributed by atoms with Gasteiger partial charge in [-0.2, -0.15) is 0 Å². The molecule has 1 atom stereocenters. The topological polar surface area (TPSA) is 68.0 Å². The van der Waals surface area contributed by atoms with Crippen LogP contribution >= 0.6 is 11.3 Å². The predicted octanol–water partition coefficient (Wildman–Crippen LogP) is 0.805. The smallest absolute Gasteiger partial charge is 0.234 e. The Labute approximate surface area is 87.5 Å². The van der Waals surface area contributed by atoms with Crippen LogP contribution < -0.4 is 11.1 Å². The van der Waals surface area contributed by atoms with E-state index in [-0.39, 0.29) is 11.9 Å². The van der Waals surface area contributed by atoms with Crippen molar-refractivity contribution in [3.63, 3.8) is 0 Å². The highest BCUT2D eigenvalue weighted by molar-refractivity contribution is 7.09. The van der Waals surface area contributed by atoms with E-state index in [0.29, 0.717) is 13.0 Å². The molecule has 0 saturated carbocycles. The Bertz CT molecular complexity index is 311. The molecule has 1 rings (SSSR count). The van der Waals surface area contributed by atoms with Crippen LogP contribution in [0.15, 0.2) is 5.38 Å². The van der Waals surface area contributed by atoms with Gasteiger partial charge in [0.25, 0.3) is 0 Å². The third-order valence-electron chi connectivity index (χ3n) is 1.92. The fourth-order valence-corrected chi connectivity index (χ4v) is 1.86. The summed E-state index contributed by atoms with van der Waals surface area (Å²) in [4.78, 5) is 15.2. The Morgan fingerprint density at radius 3 is 2.93 bits per heavy atom. The van der Waals surface area contributed by atoms with Gasteiger partial charge in [-0.15, -0.1) is 11.3 Å². The minimum absolute atomic E-state index is 0.251. The molecule has 0 radical (unpaired) electrons. The summed E-state index contributed by atoms with van der Waals surface area (Å²) >= 11 is 1.59. The average molecular weight is 213 g/mol. The molecule has 0 saturated heterocycles. The molecule has 1 aromatic rings. The van der Waals surface area contributed by atoms with Gasteiger partial charge in [-0.25, -0.2) is 4.98 Å². The lowest BCUT2D eigenvalue weighted by atomic mass is 10.2. The van der Waals surface area contributed by atoms with Gasteiger partial charge in [0.05, 0.1) is 6.04 Å². The third-order valence-corrected chi connectivity index (χ3v) is 2.88. The van der Waals surface area contributed by atoms with Crippen molar-refractivity contribution in [2.75, 3.05) is 0 Å². The van der Waals surface area contributed by atoms with Crippen LogP contribution in [0, 0.1) is 6.92 Å². The highest BCUT2D eigenvalue weighted by Gasteiger charge is 2.11. The number of aromatic nitrogens is 1. The van der Waals surface area contributed by atoms with Crippen LogP contribution in [0.25, 0.3) is 0 Å². The number of primary amides is 1. The first-order valence-electron chi connectivity index (χ1n) is 4.57. The van der Waals surface area contributed by atoms with Gasteiger partial charge in [-0.05, 0) is 13.3 Å². The van der Waals surface area contributed by atoms with Gasteiger partial charge in [0, 0.05) is 17.6 Å². The van der Waals surface area contributed by atoms with Gasteiger partial charge in [0.2, 0.25) is 5.91 Å². The number of carbonyl (C=O) groups is 1. The maximum absolute atomic E-state index is 10.9. The van der Waals surface area contributed by atoms with E-state index in [0.717, 1.165) is 10.7 Å². The largest absolute Gasteiger partial charge is 0.368 e. The maximum atomic E-state index is 10.9. The summed E-state index contributed by atoms with van der Waals surface area (Å²) in [6.07, 6.45) is 0.708. The van der Waals surface area contributed by atoms with E-state index in [4.69, 9.17) is 5.73 Å². The van der Waals surface area contributed by atoms with Crippen molar-refractivity contribution in [1.82, 2.24) is 10.3 Å². The molecule has 4 nitrogen and oxygen atoms in total. The number of rotatable bonds is 5. The minimum Gasteiger partial charge on any atom is -0.368 e. The van der Waals surface area contributed by atoms with Crippen molar-refractivity contribution in [3.8, 4) is 0 Å². The summed E-state index contributed by atoms with van der Waals surface area (Å²) in [5.41, 5.74) is 6.21. The molecule has 0 aliphatic carbocycles. The molecule has 0 fully saturated rings. The minimum atomic E-state index is -0.305. The molecule has 0 aromatic carbocycles. The number of thiazole rings is 1. The molecule has 0 bridgehead atoms. The molecule has 5 heteroatoms. The van der Waals surface area contributed by atoms with Crippen LogP contribution in [0.3, 0.4) is 0 Å². The van der Waals surface area contributed by atoms with Crippen molar-refractivity contribution >= 4 is 17.2 Å². The van der Waals surface area contributed by atoms with Crippen molar-refractivity contribution < 1.29 is 4.79 Å². The quantitative estimate of drug-likeness (QED) is 0.760. The Hall–Kier alpha value is -0.940. The second-order valence-corrected chi connectivity index (χ2v) is 4.07. The summed E-state index contributed by atoms with van der Waals surface area (Å²) in [5.74, 6) is -0.305.